The highest BCUT2D eigenvalue weighted by molar-refractivity contribution is 5.85. The summed E-state index contributed by atoms with van der Waals surface area (Å²) in [5.74, 6) is -0.204. The first-order valence-electron chi connectivity index (χ1n) is 5.87. The summed E-state index contributed by atoms with van der Waals surface area (Å²) in [4.78, 5) is 15.3. The number of ether oxygens (including phenoxy) is 1. The van der Waals surface area contributed by atoms with E-state index in [0.717, 1.165) is 19.3 Å². The zero-order valence-electron chi connectivity index (χ0n) is 10.1. The molecule has 0 spiro atoms. The summed E-state index contributed by atoms with van der Waals surface area (Å²) in [6.07, 6.45) is 3.54. The molecule has 1 N–H and O–H groups in total. The van der Waals surface area contributed by atoms with Crippen LogP contribution >= 0.6 is 0 Å². The molecule has 5 nitrogen and oxygen atoms in total. The summed E-state index contributed by atoms with van der Waals surface area (Å²) in [5, 5.41) is 9.02. The van der Waals surface area contributed by atoms with Gasteiger partial charge < -0.3 is 14.3 Å². The van der Waals surface area contributed by atoms with Crippen molar-refractivity contribution in [2.45, 2.75) is 44.6 Å². The van der Waals surface area contributed by atoms with Crippen LogP contribution in [-0.4, -0.2) is 29.3 Å². The maximum Gasteiger partial charge on any atom is 0.373 e. The minimum absolute atomic E-state index is 0.0209. The number of aryl methyl sites for hydroxylation is 1. The third kappa shape index (κ3) is 2.85. The third-order valence-electron chi connectivity index (χ3n) is 3.02. The second kappa shape index (κ2) is 4.87. The first-order chi connectivity index (χ1) is 8.11. The highest BCUT2D eigenvalue weighted by atomic mass is 16.5. The number of aromatic nitrogens is 1. The van der Waals surface area contributed by atoms with Crippen LogP contribution in [0.5, 0.6) is 0 Å². The molecule has 0 radical (unpaired) electrons. The minimum Gasteiger partial charge on any atom is -0.475 e. The molecule has 0 aromatic carbocycles. The van der Waals surface area contributed by atoms with Crippen molar-refractivity contribution >= 4 is 5.97 Å². The van der Waals surface area contributed by atoms with E-state index in [2.05, 4.69) is 4.98 Å². The zero-order chi connectivity index (χ0) is 12.4. The van der Waals surface area contributed by atoms with Crippen molar-refractivity contribution in [2.75, 3.05) is 7.11 Å². The standard InChI is InChI=1S/C12H17NO4/c1-7(16-2)3-6-9-13-10(8-4-5-8)11(17-9)12(14)15/h7-8H,3-6H2,1-2H3,(H,14,15). The van der Waals surface area contributed by atoms with Gasteiger partial charge in [0.1, 0.15) is 0 Å². The topological polar surface area (TPSA) is 72.6 Å². The first-order valence-corrected chi connectivity index (χ1v) is 5.87. The van der Waals surface area contributed by atoms with Gasteiger partial charge in [0.25, 0.3) is 0 Å². The minimum atomic E-state index is -1.02. The Balaban J connectivity index is 2.07. The first kappa shape index (κ1) is 12.1. The summed E-state index contributed by atoms with van der Waals surface area (Å²) in [7, 11) is 1.65. The molecule has 1 fully saturated rings. The summed E-state index contributed by atoms with van der Waals surface area (Å²) in [5.41, 5.74) is 0.623. The molecule has 94 valence electrons. The number of oxazole rings is 1. The van der Waals surface area contributed by atoms with Crippen molar-refractivity contribution in [2.24, 2.45) is 0 Å². The molecule has 1 aliphatic carbocycles. The van der Waals surface area contributed by atoms with E-state index in [4.69, 9.17) is 14.3 Å². The Hall–Kier alpha value is -1.36. The smallest absolute Gasteiger partial charge is 0.373 e. The fourth-order valence-electron chi connectivity index (χ4n) is 1.72. The quantitative estimate of drug-likeness (QED) is 0.824. The van der Waals surface area contributed by atoms with E-state index in [0.29, 0.717) is 23.9 Å². The number of carbonyl (C=O) groups is 1. The van der Waals surface area contributed by atoms with Gasteiger partial charge in [0.2, 0.25) is 5.76 Å². The Morgan fingerprint density at radius 2 is 2.35 bits per heavy atom. The SMILES string of the molecule is COC(C)CCc1nc(C2CC2)c(C(=O)O)o1. The molecule has 0 aliphatic heterocycles. The van der Waals surface area contributed by atoms with E-state index in [1.54, 1.807) is 7.11 Å². The Bertz CT molecular complexity index is 409. The number of nitrogens with zero attached hydrogens (tertiary/aromatic N) is 1. The van der Waals surface area contributed by atoms with Crippen LogP contribution < -0.4 is 0 Å². The largest absolute Gasteiger partial charge is 0.475 e. The molecule has 0 bridgehead atoms. The van der Waals surface area contributed by atoms with Crippen LogP contribution in [0, 0.1) is 0 Å². The molecule has 0 saturated heterocycles. The second-order valence-corrected chi connectivity index (χ2v) is 4.49. The van der Waals surface area contributed by atoms with Gasteiger partial charge in [-0.25, -0.2) is 9.78 Å². The lowest BCUT2D eigenvalue weighted by Crippen LogP contribution is -2.05. The van der Waals surface area contributed by atoms with Crippen LogP contribution in [0.2, 0.25) is 0 Å². The van der Waals surface area contributed by atoms with Crippen molar-refractivity contribution in [1.29, 1.82) is 0 Å². The Labute approximate surface area is 99.8 Å². The van der Waals surface area contributed by atoms with Crippen molar-refractivity contribution in [3.63, 3.8) is 0 Å². The number of methoxy groups -OCH3 is 1. The molecule has 1 aromatic heterocycles. The highest BCUT2D eigenvalue weighted by Crippen LogP contribution is 2.41. The number of aromatic carboxylic acids is 1. The van der Waals surface area contributed by atoms with Gasteiger partial charge >= 0.3 is 5.97 Å². The van der Waals surface area contributed by atoms with E-state index in [9.17, 15) is 4.79 Å². The van der Waals surface area contributed by atoms with Crippen molar-refractivity contribution in [1.82, 2.24) is 4.98 Å². The van der Waals surface area contributed by atoms with Gasteiger partial charge in [0.15, 0.2) is 5.89 Å². The predicted molar refractivity (Wildman–Crippen MR) is 60.2 cm³/mol. The van der Waals surface area contributed by atoms with Gasteiger partial charge in [-0.1, -0.05) is 0 Å². The number of carboxylic acid groups (broad SMARTS) is 1. The molecule has 2 rings (SSSR count). The van der Waals surface area contributed by atoms with E-state index in [-0.39, 0.29) is 11.9 Å². The molecule has 17 heavy (non-hydrogen) atoms. The monoisotopic (exact) mass is 239 g/mol. The van der Waals surface area contributed by atoms with Crippen LogP contribution in [0.25, 0.3) is 0 Å². The molecular weight excluding hydrogens is 222 g/mol. The van der Waals surface area contributed by atoms with Gasteiger partial charge in [-0.3, -0.25) is 0 Å². The van der Waals surface area contributed by atoms with Crippen LogP contribution in [0.3, 0.4) is 0 Å². The third-order valence-corrected chi connectivity index (χ3v) is 3.02. The van der Waals surface area contributed by atoms with Gasteiger partial charge in [0.05, 0.1) is 11.8 Å². The van der Waals surface area contributed by atoms with Gasteiger partial charge in [-0.05, 0) is 26.2 Å². The summed E-state index contributed by atoms with van der Waals surface area (Å²) < 4.78 is 10.4. The maximum absolute atomic E-state index is 11.0. The number of hydrogen-bond acceptors (Lipinski definition) is 4. The molecule has 0 amide bonds. The molecule has 1 aliphatic rings. The van der Waals surface area contributed by atoms with Gasteiger partial charge in [-0.15, -0.1) is 0 Å². The van der Waals surface area contributed by atoms with Crippen LogP contribution in [0.4, 0.5) is 0 Å². The average molecular weight is 239 g/mol. The molecule has 1 saturated carbocycles. The molecular formula is C12H17NO4. The van der Waals surface area contributed by atoms with Crippen molar-refractivity contribution < 1.29 is 19.1 Å². The Kier molecular flexibility index (Phi) is 3.47. The molecule has 1 unspecified atom stereocenters. The highest BCUT2D eigenvalue weighted by Gasteiger charge is 2.33. The lowest BCUT2D eigenvalue weighted by Gasteiger charge is -2.05. The second-order valence-electron chi connectivity index (χ2n) is 4.49. The summed E-state index contributed by atoms with van der Waals surface area (Å²) >= 11 is 0. The average Bonchev–Trinajstić information content (AvgIpc) is 3.06. The van der Waals surface area contributed by atoms with Crippen LogP contribution in [-0.2, 0) is 11.2 Å². The van der Waals surface area contributed by atoms with E-state index in [1.165, 1.54) is 0 Å². The predicted octanol–water partition coefficient (Wildman–Crippen LogP) is 2.22. The maximum atomic E-state index is 11.0. The normalized spacial score (nSPS) is 17.1. The summed E-state index contributed by atoms with van der Waals surface area (Å²) in [6.45, 7) is 1.96. The fourth-order valence-corrected chi connectivity index (χ4v) is 1.72. The molecule has 1 heterocycles. The van der Waals surface area contributed by atoms with E-state index in [1.807, 2.05) is 6.92 Å². The summed E-state index contributed by atoms with van der Waals surface area (Å²) in [6, 6.07) is 0. The number of rotatable bonds is 6. The number of hydrogen-bond donors (Lipinski definition) is 1. The van der Waals surface area contributed by atoms with E-state index >= 15 is 0 Å². The van der Waals surface area contributed by atoms with Crippen molar-refractivity contribution in [3.05, 3.63) is 17.3 Å². The van der Waals surface area contributed by atoms with Gasteiger partial charge in [0, 0.05) is 19.4 Å². The Morgan fingerprint density at radius 3 is 2.88 bits per heavy atom. The molecule has 1 aromatic rings. The lowest BCUT2D eigenvalue weighted by atomic mass is 10.2. The molecule has 1 atom stereocenters. The van der Waals surface area contributed by atoms with Crippen molar-refractivity contribution in [3.8, 4) is 0 Å². The number of carboxylic acids is 1. The van der Waals surface area contributed by atoms with Crippen LogP contribution in [0.15, 0.2) is 4.42 Å². The zero-order valence-corrected chi connectivity index (χ0v) is 10.1. The fraction of sp³-hybridized carbons (Fsp3) is 0.667. The van der Waals surface area contributed by atoms with Gasteiger partial charge in [-0.2, -0.15) is 0 Å². The molecule has 5 heteroatoms. The van der Waals surface area contributed by atoms with E-state index < -0.39 is 5.97 Å². The lowest BCUT2D eigenvalue weighted by molar-refractivity contribution is 0.0658. The van der Waals surface area contributed by atoms with Crippen LogP contribution in [0.1, 0.15) is 54.2 Å². The Morgan fingerprint density at radius 1 is 1.65 bits per heavy atom.